The maximum absolute atomic E-state index is 11.9. The highest BCUT2D eigenvalue weighted by Gasteiger charge is 2.47. The SMILES string of the molecule is CC(C)(CCc1ccccc1)NC(=O)C1(N)CC1. The van der Waals surface area contributed by atoms with Gasteiger partial charge in [-0.2, -0.15) is 0 Å². The maximum atomic E-state index is 11.9. The number of nitrogens with two attached hydrogens (primary N) is 1. The van der Waals surface area contributed by atoms with Crippen LogP contribution in [-0.2, 0) is 11.2 Å². The summed E-state index contributed by atoms with van der Waals surface area (Å²) < 4.78 is 0. The molecular weight excluding hydrogens is 224 g/mol. The lowest BCUT2D eigenvalue weighted by atomic mass is 9.94. The van der Waals surface area contributed by atoms with E-state index in [1.54, 1.807) is 0 Å². The number of aryl methyl sites for hydroxylation is 1. The highest BCUT2D eigenvalue weighted by atomic mass is 16.2. The van der Waals surface area contributed by atoms with Crippen molar-refractivity contribution < 1.29 is 4.79 Å². The molecule has 98 valence electrons. The molecule has 0 aliphatic heterocycles. The molecule has 0 radical (unpaired) electrons. The third-order valence-electron chi connectivity index (χ3n) is 3.57. The second-order valence-electron chi connectivity index (χ2n) is 5.98. The predicted molar refractivity (Wildman–Crippen MR) is 73.1 cm³/mol. The van der Waals surface area contributed by atoms with Crippen molar-refractivity contribution in [2.45, 2.75) is 50.6 Å². The molecule has 0 bridgehead atoms. The van der Waals surface area contributed by atoms with Crippen LogP contribution in [0.25, 0.3) is 0 Å². The Bertz CT molecular complexity index is 421. The lowest BCUT2D eigenvalue weighted by Crippen LogP contribution is -2.52. The second-order valence-corrected chi connectivity index (χ2v) is 5.98. The van der Waals surface area contributed by atoms with Crippen LogP contribution in [0.15, 0.2) is 30.3 Å². The fraction of sp³-hybridized carbons (Fsp3) is 0.533. The lowest BCUT2D eigenvalue weighted by Gasteiger charge is -2.28. The molecule has 0 unspecified atom stereocenters. The van der Waals surface area contributed by atoms with Crippen LogP contribution in [-0.4, -0.2) is 17.0 Å². The van der Waals surface area contributed by atoms with Gasteiger partial charge in [0.15, 0.2) is 0 Å². The van der Waals surface area contributed by atoms with Gasteiger partial charge in [0.25, 0.3) is 0 Å². The van der Waals surface area contributed by atoms with Crippen LogP contribution in [0.2, 0.25) is 0 Å². The molecule has 1 aromatic rings. The summed E-state index contributed by atoms with van der Waals surface area (Å²) in [6.45, 7) is 4.11. The van der Waals surface area contributed by atoms with E-state index in [4.69, 9.17) is 5.73 Å². The lowest BCUT2D eigenvalue weighted by molar-refractivity contribution is -0.124. The van der Waals surface area contributed by atoms with Gasteiger partial charge in [0, 0.05) is 5.54 Å². The molecule has 1 aliphatic carbocycles. The molecule has 2 rings (SSSR count). The predicted octanol–water partition coefficient (Wildman–Crippen LogP) is 2.01. The Hall–Kier alpha value is -1.35. The van der Waals surface area contributed by atoms with E-state index in [9.17, 15) is 4.79 Å². The Labute approximate surface area is 109 Å². The summed E-state index contributed by atoms with van der Waals surface area (Å²) in [5, 5.41) is 3.07. The van der Waals surface area contributed by atoms with E-state index < -0.39 is 5.54 Å². The zero-order valence-electron chi connectivity index (χ0n) is 11.2. The fourth-order valence-corrected chi connectivity index (χ4v) is 1.96. The molecular formula is C15H22N2O. The third kappa shape index (κ3) is 3.33. The van der Waals surface area contributed by atoms with Gasteiger partial charge in [-0.3, -0.25) is 4.79 Å². The van der Waals surface area contributed by atoms with Crippen LogP contribution in [0, 0.1) is 0 Å². The van der Waals surface area contributed by atoms with Crippen molar-refractivity contribution in [2.24, 2.45) is 5.73 Å². The monoisotopic (exact) mass is 246 g/mol. The number of benzene rings is 1. The van der Waals surface area contributed by atoms with Crippen molar-refractivity contribution in [3.05, 3.63) is 35.9 Å². The first-order valence-corrected chi connectivity index (χ1v) is 6.57. The standard InChI is InChI=1S/C15H22N2O/c1-14(2,17-13(18)15(16)10-11-15)9-8-12-6-4-3-5-7-12/h3-7H,8-11,16H2,1-2H3,(H,17,18). The summed E-state index contributed by atoms with van der Waals surface area (Å²) in [6.07, 6.45) is 3.51. The van der Waals surface area contributed by atoms with Gasteiger partial charge in [-0.25, -0.2) is 0 Å². The van der Waals surface area contributed by atoms with E-state index in [-0.39, 0.29) is 11.4 Å². The molecule has 3 N–H and O–H groups in total. The Morgan fingerprint density at radius 1 is 1.33 bits per heavy atom. The molecule has 0 atom stereocenters. The number of carbonyl (C=O) groups excluding carboxylic acids is 1. The Morgan fingerprint density at radius 3 is 2.50 bits per heavy atom. The molecule has 0 spiro atoms. The second kappa shape index (κ2) is 4.73. The average Bonchev–Trinajstić information content (AvgIpc) is 3.07. The van der Waals surface area contributed by atoms with Gasteiger partial charge in [-0.05, 0) is 45.1 Å². The van der Waals surface area contributed by atoms with Gasteiger partial charge < -0.3 is 11.1 Å². The van der Waals surface area contributed by atoms with Gasteiger partial charge in [-0.15, -0.1) is 0 Å². The van der Waals surface area contributed by atoms with Crippen molar-refractivity contribution in [2.75, 3.05) is 0 Å². The molecule has 1 aromatic carbocycles. The van der Waals surface area contributed by atoms with Crippen molar-refractivity contribution in [1.82, 2.24) is 5.32 Å². The summed E-state index contributed by atoms with van der Waals surface area (Å²) in [5.74, 6) is 0.000520. The van der Waals surface area contributed by atoms with Gasteiger partial charge >= 0.3 is 0 Å². The van der Waals surface area contributed by atoms with Crippen molar-refractivity contribution in [3.8, 4) is 0 Å². The summed E-state index contributed by atoms with van der Waals surface area (Å²) >= 11 is 0. The molecule has 3 heteroatoms. The molecule has 1 amide bonds. The van der Waals surface area contributed by atoms with Gasteiger partial charge in [0.05, 0.1) is 5.54 Å². The quantitative estimate of drug-likeness (QED) is 0.835. The van der Waals surface area contributed by atoms with Crippen LogP contribution in [0.3, 0.4) is 0 Å². The minimum absolute atomic E-state index is 0.000520. The number of hydrogen-bond acceptors (Lipinski definition) is 2. The highest BCUT2D eigenvalue weighted by Crippen LogP contribution is 2.33. The summed E-state index contributed by atoms with van der Waals surface area (Å²) in [7, 11) is 0. The smallest absolute Gasteiger partial charge is 0.240 e. The molecule has 1 aliphatic rings. The molecule has 0 aromatic heterocycles. The third-order valence-corrected chi connectivity index (χ3v) is 3.57. The molecule has 1 saturated carbocycles. The average molecular weight is 246 g/mol. The van der Waals surface area contributed by atoms with E-state index in [0.717, 1.165) is 25.7 Å². The Kier molecular flexibility index (Phi) is 3.44. The first-order valence-electron chi connectivity index (χ1n) is 6.57. The number of nitrogens with one attached hydrogen (secondary N) is 1. The van der Waals surface area contributed by atoms with Gasteiger partial charge in [-0.1, -0.05) is 30.3 Å². The van der Waals surface area contributed by atoms with Crippen LogP contribution >= 0.6 is 0 Å². The Balaban J connectivity index is 1.85. The van der Waals surface area contributed by atoms with E-state index in [1.165, 1.54) is 5.56 Å². The molecule has 1 fully saturated rings. The van der Waals surface area contributed by atoms with Crippen molar-refractivity contribution in [3.63, 3.8) is 0 Å². The fourth-order valence-electron chi connectivity index (χ4n) is 1.96. The number of amides is 1. The van der Waals surface area contributed by atoms with Crippen LogP contribution in [0.5, 0.6) is 0 Å². The Morgan fingerprint density at radius 2 is 1.94 bits per heavy atom. The first kappa shape index (κ1) is 13.1. The van der Waals surface area contributed by atoms with E-state index >= 15 is 0 Å². The van der Waals surface area contributed by atoms with E-state index in [1.807, 2.05) is 18.2 Å². The van der Waals surface area contributed by atoms with Crippen LogP contribution in [0.4, 0.5) is 0 Å². The van der Waals surface area contributed by atoms with Crippen molar-refractivity contribution in [1.29, 1.82) is 0 Å². The van der Waals surface area contributed by atoms with Gasteiger partial charge in [0.1, 0.15) is 0 Å². The first-order chi connectivity index (χ1) is 8.41. The van der Waals surface area contributed by atoms with E-state index in [0.29, 0.717) is 0 Å². The molecule has 18 heavy (non-hydrogen) atoms. The molecule has 3 nitrogen and oxygen atoms in total. The van der Waals surface area contributed by atoms with Crippen molar-refractivity contribution >= 4 is 5.91 Å². The van der Waals surface area contributed by atoms with Crippen LogP contribution < -0.4 is 11.1 Å². The minimum Gasteiger partial charge on any atom is -0.350 e. The normalized spacial score (nSPS) is 17.3. The van der Waals surface area contributed by atoms with Crippen LogP contribution in [0.1, 0.15) is 38.7 Å². The molecule has 0 heterocycles. The van der Waals surface area contributed by atoms with Gasteiger partial charge in [0.2, 0.25) is 5.91 Å². The maximum Gasteiger partial charge on any atom is 0.240 e. The largest absolute Gasteiger partial charge is 0.350 e. The molecule has 0 saturated heterocycles. The van der Waals surface area contributed by atoms with E-state index in [2.05, 4.69) is 31.3 Å². The zero-order valence-corrected chi connectivity index (χ0v) is 11.2. The minimum atomic E-state index is -0.579. The topological polar surface area (TPSA) is 55.1 Å². The zero-order chi connectivity index (χ0) is 13.2. The summed E-state index contributed by atoms with van der Waals surface area (Å²) in [6, 6.07) is 10.3. The summed E-state index contributed by atoms with van der Waals surface area (Å²) in [5.41, 5.74) is 6.41. The number of rotatable bonds is 5. The summed E-state index contributed by atoms with van der Waals surface area (Å²) in [4.78, 5) is 11.9. The number of carbonyl (C=O) groups is 1. The highest BCUT2D eigenvalue weighted by molar-refractivity contribution is 5.89. The number of hydrogen-bond donors (Lipinski definition) is 2.